The molecule has 2 unspecified atom stereocenters. The summed E-state index contributed by atoms with van der Waals surface area (Å²) in [5, 5.41) is 2.96. The van der Waals surface area contributed by atoms with Gasteiger partial charge in [0.1, 0.15) is 5.75 Å². The fourth-order valence-electron chi connectivity index (χ4n) is 4.96. The van der Waals surface area contributed by atoms with Crippen molar-refractivity contribution in [2.75, 3.05) is 31.2 Å². The summed E-state index contributed by atoms with van der Waals surface area (Å²) in [4.78, 5) is 14.8. The summed E-state index contributed by atoms with van der Waals surface area (Å²) < 4.78 is 5.14. The number of rotatable bonds is 4. The van der Waals surface area contributed by atoms with Crippen LogP contribution in [0, 0.1) is 10.8 Å². The van der Waals surface area contributed by atoms with E-state index in [9.17, 15) is 4.79 Å². The summed E-state index contributed by atoms with van der Waals surface area (Å²) in [6.45, 7) is 8.52. The highest BCUT2D eigenvalue weighted by atomic mass is 16.5. The summed E-state index contributed by atoms with van der Waals surface area (Å²) in [6.07, 6.45) is 3.62. The summed E-state index contributed by atoms with van der Waals surface area (Å²) in [5.41, 5.74) is 7.86. The number of nitrogens with zero attached hydrogens (tertiary/aromatic N) is 1. The Bertz CT molecular complexity index is 643. The Morgan fingerprint density at radius 3 is 2.79 bits per heavy atom. The predicted molar refractivity (Wildman–Crippen MR) is 97.1 cm³/mol. The Morgan fingerprint density at radius 1 is 1.38 bits per heavy atom. The van der Waals surface area contributed by atoms with Gasteiger partial charge in [-0.2, -0.15) is 0 Å². The lowest BCUT2D eigenvalue weighted by Crippen LogP contribution is -2.38. The topological polar surface area (TPSA) is 67.6 Å². The van der Waals surface area contributed by atoms with Gasteiger partial charge >= 0.3 is 0 Å². The van der Waals surface area contributed by atoms with E-state index in [1.165, 1.54) is 19.3 Å². The SMILES string of the molecule is COc1ccc(NC(=O)CN2CC3(C)CC2CC(C)(C)C3)cc1N. The molecule has 5 nitrogen and oxygen atoms in total. The normalized spacial score (nSPS) is 28.6. The van der Waals surface area contributed by atoms with E-state index >= 15 is 0 Å². The number of methoxy groups -OCH3 is 1. The van der Waals surface area contributed by atoms with Crippen molar-refractivity contribution < 1.29 is 9.53 Å². The van der Waals surface area contributed by atoms with Crippen LogP contribution in [0.2, 0.25) is 0 Å². The summed E-state index contributed by atoms with van der Waals surface area (Å²) in [5.74, 6) is 0.644. The Kier molecular flexibility index (Phi) is 4.24. The average molecular weight is 331 g/mol. The predicted octanol–water partition coefficient (Wildman–Crippen LogP) is 3.12. The Morgan fingerprint density at radius 2 is 2.12 bits per heavy atom. The molecule has 1 saturated carbocycles. The number of benzene rings is 1. The lowest BCUT2D eigenvalue weighted by atomic mass is 9.65. The van der Waals surface area contributed by atoms with Crippen LogP contribution in [0.4, 0.5) is 11.4 Å². The van der Waals surface area contributed by atoms with Gasteiger partial charge in [-0.15, -0.1) is 0 Å². The third-order valence-corrected chi connectivity index (χ3v) is 5.38. The minimum absolute atomic E-state index is 0.0218. The average Bonchev–Trinajstić information content (AvgIpc) is 2.67. The van der Waals surface area contributed by atoms with Crippen LogP contribution in [-0.4, -0.2) is 37.0 Å². The lowest BCUT2D eigenvalue weighted by molar-refractivity contribution is -0.117. The number of nitrogens with one attached hydrogen (secondary N) is 1. The van der Waals surface area contributed by atoms with Gasteiger partial charge in [-0.05, 0) is 48.3 Å². The number of carbonyl (C=O) groups excluding carboxylic acids is 1. The Labute approximate surface area is 144 Å². The van der Waals surface area contributed by atoms with Gasteiger partial charge in [-0.25, -0.2) is 0 Å². The minimum Gasteiger partial charge on any atom is -0.495 e. The lowest BCUT2D eigenvalue weighted by Gasteiger charge is -2.39. The standard InChI is InChI=1S/C19H29N3O2/c1-18(2)8-14-9-19(3,11-18)12-22(14)10-17(23)21-13-5-6-16(24-4)15(20)7-13/h5-7,14H,8-12,20H2,1-4H3,(H,21,23). The molecule has 1 aromatic carbocycles. The first-order valence-corrected chi connectivity index (χ1v) is 8.67. The number of likely N-dealkylation sites (tertiary alicyclic amines) is 1. The van der Waals surface area contributed by atoms with Crippen LogP contribution in [0.15, 0.2) is 18.2 Å². The van der Waals surface area contributed by atoms with Crippen molar-refractivity contribution in [3.05, 3.63) is 18.2 Å². The molecule has 0 radical (unpaired) electrons. The molecule has 5 heteroatoms. The van der Waals surface area contributed by atoms with E-state index in [0.717, 1.165) is 6.54 Å². The molecule has 0 spiro atoms. The summed E-state index contributed by atoms with van der Waals surface area (Å²) >= 11 is 0. The van der Waals surface area contributed by atoms with E-state index in [1.54, 1.807) is 19.2 Å². The molecule has 132 valence electrons. The maximum absolute atomic E-state index is 12.5. The van der Waals surface area contributed by atoms with Crippen LogP contribution in [-0.2, 0) is 4.79 Å². The van der Waals surface area contributed by atoms with Crippen LogP contribution >= 0.6 is 0 Å². The van der Waals surface area contributed by atoms with Crippen LogP contribution < -0.4 is 15.8 Å². The number of hydrogen-bond acceptors (Lipinski definition) is 4. The van der Waals surface area contributed by atoms with Crippen molar-refractivity contribution in [2.24, 2.45) is 10.8 Å². The fraction of sp³-hybridized carbons (Fsp3) is 0.632. The van der Waals surface area contributed by atoms with Crippen LogP contribution in [0.25, 0.3) is 0 Å². The molecule has 1 saturated heterocycles. The first-order valence-electron chi connectivity index (χ1n) is 8.67. The number of anilines is 2. The first-order chi connectivity index (χ1) is 11.2. The zero-order chi connectivity index (χ0) is 17.5. The van der Waals surface area contributed by atoms with Crippen molar-refractivity contribution in [3.63, 3.8) is 0 Å². The highest BCUT2D eigenvalue weighted by Gasteiger charge is 2.49. The molecule has 3 N–H and O–H groups in total. The molecule has 24 heavy (non-hydrogen) atoms. The van der Waals surface area contributed by atoms with Gasteiger partial charge in [0.25, 0.3) is 0 Å². The van der Waals surface area contributed by atoms with Crippen LogP contribution in [0.1, 0.15) is 40.0 Å². The molecule has 1 aliphatic heterocycles. The summed E-state index contributed by atoms with van der Waals surface area (Å²) in [7, 11) is 1.58. The quantitative estimate of drug-likeness (QED) is 0.832. The smallest absolute Gasteiger partial charge is 0.238 e. The molecule has 3 rings (SSSR count). The third-order valence-electron chi connectivity index (χ3n) is 5.38. The van der Waals surface area contributed by atoms with E-state index in [2.05, 4.69) is 31.0 Å². The van der Waals surface area contributed by atoms with E-state index in [1.807, 2.05) is 6.07 Å². The molecule has 0 aromatic heterocycles. The zero-order valence-electron chi connectivity index (χ0n) is 15.2. The second-order valence-electron chi connectivity index (χ2n) is 8.62. The Balaban J connectivity index is 1.63. The molecule has 2 atom stereocenters. The molecular weight excluding hydrogens is 302 g/mol. The van der Waals surface area contributed by atoms with E-state index < -0.39 is 0 Å². The highest BCUT2D eigenvalue weighted by Crippen LogP contribution is 2.52. The number of nitrogen functional groups attached to an aromatic ring is 1. The molecule has 1 amide bonds. The van der Waals surface area contributed by atoms with E-state index in [0.29, 0.717) is 40.5 Å². The number of carbonyl (C=O) groups is 1. The molecular formula is C19H29N3O2. The van der Waals surface area contributed by atoms with Gasteiger partial charge in [0.05, 0.1) is 19.3 Å². The largest absolute Gasteiger partial charge is 0.495 e. The van der Waals surface area contributed by atoms with Gasteiger partial charge in [0, 0.05) is 18.3 Å². The fourth-order valence-corrected chi connectivity index (χ4v) is 4.96. The van der Waals surface area contributed by atoms with Crippen molar-refractivity contribution in [2.45, 2.75) is 46.1 Å². The number of nitrogens with two attached hydrogens (primary N) is 1. The van der Waals surface area contributed by atoms with Crippen molar-refractivity contribution in [1.29, 1.82) is 0 Å². The zero-order valence-corrected chi connectivity index (χ0v) is 15.2. The number of amides is 1. The highest BCUT2D eigenvalue weighted by molar-refractivity contribution is 5.93. The van der Waals surface area contributed by atoms with Gasteiger partial charge < -0.3 is 15.8 Å². The van der Waals surface area contributed by atoms with E-state index in [-0.39, 0.29) is 5.91 Å². The van der Waals surface area contributed by atoms with Crippen molar-refractivity contribution in [1.82, 2.24) is 4.90 Å². The minimum atomic E-state index is 0.0218. The van der Waals surface area contributed by atoms with Crippen LogP contribution in [0.3, 0.4) is 0 Å². The number of hydrogen-bond donors (Lipinski definition) is 2. The number of fused-ring (bicyclic) bond motifs is 2. The maximum atomic E-state index is 12.5. The maximum Gasteiger partial charge on any atom is 0.238 e. The van der Waals surface area contributed by atoms with Crippen molar-refractivity contribution >= 4 is 17.3 Å². The molecule has 2 aliphatic rings. The first kappa shape index (κ1) is 17.1. The molecule has 2 bridgehead atoms. The molecule has 1 heterocycles. The van der Waals surface area contributed by atoms with Gasteiger partial charge in [0.15, 0.2) is 0 Å². The van der Waals surface area contributed by atoms with E-state index in [4.69, 9.17) is 10.5 Å². The Hall–Kier alpha value is -1.75. The van der Waals surface area contributed by atoms with Crippen molar-refractivity contribution in [3.8, 4) is 5.75 Å². The van der Waals surface area contributed by atoms with Gasteiger partial charge in [0.2, 0.25) is 5.91 Å². The molecule has 1 aliphatic carbocycles. The van der Waals surface area contributed by atoms with Gasteiger partial charge in [-0.3, -0.25) is 9.69 Å². The molecule has 2 fully saturated rings. The second-order valence-corrected chi connectivity index (χ2v) is 8.62. The second kappa shape index (κ2) is 5.96. The number of ether oxygens (including phenoxy) is 1. The monoisotopic (exact) mass is 331 g/mol. The molecule has 1 aromatic rings. The summed E-state index contributed by atoms with van der Waals surface area (Å²) in [6, 6.07) is 5.85. The third kappa shape index (κ3) is 3.51. The van der Waals surface area contributed by atoms with Gasteiger partial charge in [-0.1, -0.05) is 20.8 Å². The van der Waals surface area contributed by atoms with Crippen LogP contribution in [0.5, 0.6) is 5.75 Å².